The highest BCUT2D eigenvalue weighted by atomic mass is 16.2. The van der Waals surface area contributed by atoms with Gasteiger partial charge in [0.25, 0.3) is 0 Å². The van der Waals surface area contributed by atoms with E-state index in [4.69, 9.17) is 0 Å². The van der Waals surface area contributed by atoms with Crippen LogP contribution in [0.4, 0.5) is 0 Å². The highest BCUT2D eigenvalue weighted by molar-refractivity contribution is 5.84. The molecule has 1 aliphatic heterocycles. The van der Waals surface area contributed by atoms with Crippen LogP contribution in [-0.2, 0) is 20.9 Å². The van der Waals surface area contributed by atoms with E-state index in [1.165, 1.54) is 11.8 Å². The maximum atomic E-state index is 12.3. The lowest BCUT2D eigenvalue weighted by Crippen LogP contribution is -2.51. The summed E-state index contributed by atoms with van der Waals surface area (Å²) in [5.74, 6) is -0.262. The van der Waals surface area contributed by atoms with Crippen molar-refractivity contribution in [3.05, 3.63) is 30.1 Å². The van der Waals surface area contributed by atoms with Gasteiger partial charge in [-0.2, -0.15) is 0 Å². The van der Waals surface area contributed by atoms with Crippen molar-refractivity contribution in [1.29, 1.82) is 0 Å². The number of carbonyl (C=O) groups excluding carboxylic acids is 3. The molecule has 7 heteroatoms. The van der Waals surface area contributed by atoms with Crippen molar-refractivity contribution in [3.63, 3.8) is 0 Å². The summed E-state index contributed by atoms with van der Waals surface area (Å²) in [5.41, 5.74) is 0.747. The third-order valence-electron chi connectivity index (χ3n) is 3.67. The summed E-state index contributed by atoms with van der Waals surface area (Å²) >= 11 is 0. The molecule has 2 rings (SSSR count). The molecule has 1 saturated heterocycles. The maximum absolute atomic E-state index is 12.3. The lowest BCUT2D eigenvalue weighted by Gasteiger charge is -2.33. The number of amides is 3. The van der Waals surface area contributed by atoms with E-state index in [1.54, 1.807) is 22.1 Å². The van der Waals surface area contributed by atoms with Crippen LogP contribution >= 0.6 is 0 Å². The van der Waals surface area contributed by atoms with Crippen LogP contribution < -0.4 is 0 Å². The average molecular weight is 304 g/mol. The van der Waals surface area contributed by atoms with Crippen LogP contribution in [0.15, 0.2) is 24.4 Å². The molecule has 1 aromatic heterocycles. The van der Waals surface area contributed by atoms with Crippen molar-refractivity contribution in [2.24, 2.45) is 0 Å². The van der Waals surface area contributed by atoms with E-state index in [-0.39, 0.29) is 18.4 Å². The van der Waals surface area contributed by atoms with E-state index in [0.717, 1.165) is 12.1 Å². The monoisotopic (exact) mass is 304 g/mol. The molecule has 22 heavy (non-hydrogen) atoms. The van der Waals surface area contributed by atoms with E-state index >= 15 is 0 Å². The van der Waals surface area contributed by atoms with Crippen LogP contribution in [0.25, 0.3) is 0 Å². The Morgan fingerprint density at radius 2 is 2.00 bits per heavy atom. The molecule has 0 unspecified atom stereocenters. The first-order valence-corrected chi connectivity index (χ1v) is 7.22. The average Bonchev–Trinajstić information content (AvgIpc) is 2.55. The summed E-state index contributed by atoms with van der Waals surface area (Å²) in [6.45, 7) is 3.88. The van der Waals surface area contributed by atoms with Crippen LogP contribution in [0.2, 0.25) is 0 Å². The SMILES string of the molecule is CC(=O)N(CC(=O)N1CCN(C=O)CC1)Cc1ccccn1. The van der Waals surface area contributed by atoms with Gasteiger partial charge in [-0.15, -0.1) is 0 Å². The molecular weight excluding hydrogens is 284 g/mol. The molecule has 7 nitrogen and oxygen atoms in total. The van der Waals surface area contributed by atoms with Crippen LogP contribution in [0.3, 0.4) is 0 Å². The third-order valence-corrected chi connectivity index (χ3v) is 3.67. The van der Waals surface area contributed by atoms with E-state index in [1.807, 2.05) is 12.1 Å². The van der Waals surface area contributed by atoms with E-state index in [0.29, 0.717) is 32.7 Å². The van der Waals surface area contributed by atoms with Crippen molar-refractivity contribution >= 4 is 18.2 Å². The fraction of sp³-hybridized carbons (Fsp3) is 0.467. The normalized spacial score (nSPS) is 14.6. The Balaban J connectivity index is 1.92. The number of piperazine rings is 1. The first-order chi connectivity index (χ1) is 10.6. The van der Waals surface area contributed by atoms with Crippen molar-refractivity contribution in [3.8, 4) is 0 Å². The number of aromatic nitrogens is 1. The molecule has 0 N–H and O–H groups in total. The molecule has 0 saturated carbocycles. The second kappa shape index (κ2) is 7.53. The zero-order chi connectivity index (χ0) is 15.9. The first-order valence-electron chi connectivity index (χ1n) is 7.22. The van der Waals surface area contributed by atoms with E-state index < -0.39 is 0 Å². The lowest BCUT2D eigenvalue weighted by molar-refractivity contribution is -0.141. The molecule has 0 spiro atoms. The topological polar surface area (TPSA) is 73.8 Å². The van der Waals surface area contributed by atoms with Gasteiger partial charge >= 0.3 is 0 Å². The number of nitrogens with zero attached hydrogens (tertiary/aromatic N) is 4. The molecule has 0 bridgehead atoms. The Morgan fingerprint density at radius 3 is 2.55 bits per heavy atom. The summed E-state index contributed by atoms with van der Waals surface area (Å²) in [7, 11) is 0. The van der Waals surface area contributed by atoms with Gasteiger partial charge in [-0.1, -0.05) is 6.07 Å². The predicted octanol–water partition coefficient (Wildman–Crippen LogP) is -0.269. The van der Waals surface area contributed by atoms with Crippen molar-refractivity contribution in [2.45, 2.75) is 13.5 Å². The minimum absolute atomic E-state index is 0.0347. The number of hydrogen-bond donors (Lipinski definition) is 0. The van der Waals surface area contributed by atoms with E-state index in [9.17, 15) is 14.4 Å². The number of rotatable bonds is 5. The zero-order valence-electron chi connectivity index (χ0n) is 12.6. The molecule has 3 amide bonds. The van der Waals surface area contributed by atoms with Crippen LogP contribution in [0.5, 0.6) is 0 Å². The molecule has 0 atom stereocenters. The van der Waals surface area contributed by atoms with Crippen molar-refractivity contribution in [1.82, 2.24) is 19.7 Å². The van der Waals surface area contributed by atoms with Gasteiger partial charge in [0, 0.05) is 39.3 Å². The Bertz CT molecular complexity index is 527. The fourth-order valence-electron chi connectivity index (χ4n) is 2.31. The highest BCUT2D eigenvalue weighted by Gasteiger charge is 2.23. The van der Waals surface area contributed by atoms with Crippen LogP contribution in [-0.4, -0.2) is 70.6 Å². The molecule has 0 radical (unpaired) electrons. The zero-order valence-corrected chi connectivity index (χ0v) is 12.6. The Hall–Kier alpha value is -2.44. The maximum Gasteiger partial charge on any atom is 0.242 e. The summed E-state index contributed by atoms with van der Waals surface area (Å²) in [5, 5.41) is 0. The molecule has 0 aliphatic carbocycles. The van der Waals surface area contributed by atoms with Gasteiger partial charge in [0.05, 0.1) is 12.2 Å². The number of pyridine rings is 1. The van der Waals surface area contributed by atoms with Crippen LogP contribution in [0, 0.1) is 0 Å². The van der Waals surface area contributed by atoms with Gasteiger partial charge in [-0.05, 0) is 12.1 Å². The van der Waals surface area contributed by atoms with Gasteiger partial charge in [0.2, 0.25) is 18.2 Å². The predicted molar refractivity (Wildman–Crippen MR) is 79.5 cm³/mol. The van der Waals surface area contributed by atoms with Gasteiger partial charge in [0.15, 0.2) is 0 Å². The van der Waals surface area contributed by atoms with Gasteiger partial charge < -0.3 is 14.7 Å². The number of hydrogen-bond acceptors (Lipinski definition) is 4. The second-order valence-electron chi connectivity index (χ2n) is 5.22. The molecule has 118 valence electrons. The molecule has 1 aromatic rings. The third kappa shape index (κ3) is 4.28. The number of carbonyl (C=O) groups is 3. The Morgan fingerprint density at radius 1 is 1.27 bits per heavy atom. The Kier molecular flexibility index (Phi) is 5.46. The molecule has 1 fully saturated rings. The molecule has 2 heterocycles. The van der Waals surface area contributed by atoms with Gasteiger partial charge in [-0.25, -0.2) is 0 Å². The largest absolute Gasteiger partial charge is 0.342 e. The Labute approximate surface area is 129 Å². The highest BCUT2D eigenvalue weighted by Crippen LogP contribution is 2.05. The second-order valence-corrected chi connectivity index (χ2v) is 5.22. The fourth-order valence-corrected chi connectivity index (χ4v) is 2.31. The van der Waals surface area contributed by atoms with Crippen molar-refractivity contribution < 1.29 is 14.4 Å². The first kappa shape index (κ1) is 15.9. The van der Waals surface area contributed by atoms with Crippen LogP contribution in [0.1, 0.15) is 12.6 Å². The van der Waals surface area contributed by atoms with Gasteiger partial charge in [0.1, 0.15) is 6.54 Å². The summed E-state index contributed by atoms with van der Waals surface area (Å²) < 4.78 is 0. The standard InChI is InChI=1S/C15H20N4O3/c1-13(21)19(10-14-4-2-3-5-16-14)11-15(22)18-8-6-17(12-20)7-9-18/h2-5,12H,6-11H2,1H3. The molecular formula is C15H20N4O3. The summed E-state index contributed by atoms with van der Waals surface area (Å²) in [4.78, 5) is 43.7. The quantitative estimate of drug-likeness (QED) is 0.702. The lowest BCUT2D eigenvalue weighted by atomic mass is 10.3. The summed E-state index contributed by atoms with van der Waals surface area (Å²) in [6.07, 6.45) is 2.46. The summed E-state index contributed by atoms with van der Waals surface area (Å²) in [6, 6.07) is 5.48. The van der Waals surface area contributed by atoms with Crippen molar-refractivity contribution in [2.75, 3.05) is 32.7 Å². The minimum Gasteiger partial charge on any atom is -0.342 e. The smallest absolute Gasteiger partial charge is 0.242 e. The van der Waals surface area contributed by atoms with E-state index in [2.05, 4.69) is 4.98 Å². The minimum atomic E-state index is -0.162. The molecule has 1 aliphatic rings. The van der Waals surface area contributed by atoms with Gasteiger partial charge in [-0.3, -0.25) is 19.4 Å². The molecule has 0 aromatic carbocycles.